The van der Waals surface area contributed by atoms with Gasteiger partial charge >= 0.3 is 18.6 Å². The van der Waals surface area contributed by atoms with Crippen molar-refractivity contribution in [2.75, 3.05) is 13.2 Å². The number of alkyl halides is 3. The summed E-state index contributed by atoms with van der Waals surface area (Å²) < 4.78 is 51.6. The minimum absolute atomic E-state index is 0.00328. The third-order valence-corrected chi connectivity index (χ3v) is 0.616. The zero-order chi connectivity index (χ0) is 12.5. The first-order valence-electron chi connectivity index (χ1n) is 3.43. The lowest BCUT2D eigenvalue weighted by atomic mass is 10.7. The molecule has 0 amide bonds. The van der Waals surface area contributed by atoms with Gasteiger partial charge in [-0.05, 0) is 6.92 Å². The van der Waals surface area contributed by atoms with Crippen LogP contribution in [0.3, 0.4) is 0 Å². The Labute approximate surface area is 81.6 Å². The van der Waals surface area contributed by atoms with Gasteiger partial charge in [0.1, 0.15) is 0 Å². The molecule has 0 saturated heterocycles. The number of halogens is 4. The monoisotopic (exact) mass is 236 g/mol. The zero-order valence-electron chi connectivity index (χ0n) is 7.51. The van der Waals surface area contributed by atoms with Crippen LogP contribution in [0.2, 0.25) is 0 Å². The molecule has 0 aromatic heterocycles. The number of carboxylic acid groups (broad SMARTS) is 1. The van der Waals surface area contributed by atoms with Gasteiger partial charge in [0.2, 0.25) is 0 Å². The Bertz CT molecular complexity index is 198. The average Bonchev–Trinajstić information content (AvgIpc) is 1.99. The summed E-state index contributed by atoms with van der Waals surface area (Å²) in [4.78, 5) is 18.5. The molecular weight excluding hydrogens is 228 g/mol. The van der Waals surface area contributed by atoms with Crippen molar-refractivity contribution in [2.24, 2.45) is 0 Å². The smallest absolute Gasteiger partial charge is 0.456 e. The van der Waals surface area contributed by atoms with Gasteiger partial charge in [0.15, 0.2) is 6.61 Å². The molecule has 0 atom stereocenters. The van der Waals surface area contributed by atoms with Crippen LogP contribution in [0.1, 0.15) is 6.92 Å². The summed E-state index contributed by atoms with van der Waals surface area (Å²) in [6.45, 7) is -0.141. The van der Waals surface area contributed by atoms with Gasteiger partial charge in [0, 0.05) is 0 Å². The Morgan fingerprint density at radius 1 is 1.27 bits per heavy atom. The maximum Gasteiger partial charge on any atom is 0.508 e. The highest BCUT2D eigenvalue weighted by atomic mass is 19.4. The Hall–Kier alpha value is -1.54. The van der Waals surface area contributed by atoms with Crippen LogP contribution in [-0.4, -0.2) is 36.9 Å². The molecule has 15 heavy (non-hydrogen) atoms. The van der Waals surface area contributed by atoms with Crippen molar-refractivity contribution in [3.05, 3.63) is 0 Å². The summed E-state index contributed by atoms with van der Waals surface area (Å²) in [6.07, 6.45) is -8.13. The molecule has 0 aliphatic heterocycles. The summed E-state index contributed by atoms with van der Waals surface area (Å²) in [7, 11) is 0. The predicted molar refractivity (Wildman–Crippen MR) is 38.2 cm³/mol. The minimum atomic E-state index is -4.49. The average molecular weight is 236 g/mol. The summed E-state index contributed by atoms with van der Waals surface area (Å²) in [5.74, 6) is 0. The molecule has 0 fully saturated rings. The fraction of sp³-hybridized carbons (Fsp3) is 0.667. The van der Waals surface area contributed by atoms with Crippen molar-refractivity contribution < 1.29 is 41.7 Å². The van der Waals surface area contributed by atoms with Crippen molar-refractivity contribution in [2.45, 2.75) is 13.1 Å². The molecule has 0 aliphatic carbocycles. The van der Waals surface area contributed by atoms with E-state index in [1.54, 1.807) is 0 Å². The number of ether oxygens (including phenoxy) is 2. The van der Waals surface area contributed by atoms with Crippen molar-refractivity contribution >= 4 is 12.4 Å². The highest BCUT2D eigenvalue weighted by Gasteiger charge is 2.29. The zero-order valence-corrected chi connectivity index (χ0v) is 7.51. The van der Waals surface area contributed by atoms with E-state index < -0.39 is 25.2 Å². The maximum atomic E-state index is 11.3. The molecule has 0 heterocycles. The Kier molecular flexibility index (Phi) is 8.30. The second kappa shape index (κ2) is 7.83. The lowest BCUT2D eigenvalue weighted by Gasteiger charge is -2.06. The number of carbonyl (C=O) groups is 2. The van der Waals surface area contributed by atoms with E-state index >= 15 is 0 Å². The van der Waals surface area contributed by atoms with Crippen molar-refractivity contribution in [3.8, 4) is 0 Å². The van der Waals surface area contributed by atoms with Crippen molar-refractivity contribution in [3.63, 3.8) is 0 Å². The van der Waals surface area contributed by atoms with Crippen LogP contribution in [0, 0.1) is 0 Å². The molecule has 1 N–H and O–H groups in total. The molecule has 9 heteroatoms. The summed E-state index contributed by atoms with van der Waals surface area (Å²) >= 11 is 0. The van der Waals surface area contributed by atoms with Crippen LogP contribution in [0.4, 0.5) is 27.2 Å². The third-order valence-electron chi connectivity index (χ3n) is 0.616. The molecule has 0 saturated carbocycles. The van der Waals surface area contributed by atoms with E-state index in [1.807, 2.05) is 0 Å². The predicted octanol–water partition coefficient (Wildman–Crippen LogP) is 2.36. The van der Waals surface area contributed by atoms with Gasteiger partial charge in [-0.25, -0.2) is 9.59 Å². The molecule has 0 aliphatic rings. The standard InChI is InChI=1S/C5H7F3O3.CHFO2/c1-2-10-4(9)11-3-5(6,7)8;2-1(3)4/h2-3H2,1H3;(H,3,4). The number of hydrogen-bond acceptors (Lipinski definition) is 4. The van der Waals surface area contributed by atoms with E-state index in [4.69, 9.17) is 9.90 Å². The van der Waals surface area contributed by atoms with Gasteiger partial charge in [-0.2, -0.15) is 13.2 Å². The molecule has 0 bridgehead atoms. The first-order chi connectivity index (χ1) is 6.69. The molecule has 0 spiro atoms. The molecular formula is C6H8F4O5. The summed E-state index contributed by atoms with van der Waals surface area (Å²) in [5.41, 5.74) is 0. The fourth-order valence-electron chi connectivity index (χ4n) is 0.300. The van der Waals surface area contributed by atoms with Crippen LogP contribution >= 0.6 is 0 Å². The van der Waals surface area contributed by atoms with Gasteiger partial charge in [0.25, 0.3) is 0 Å². The lowest BCUT2D eigenvalue weighted by Crippen LogP contribution is -2.20. The van der Waals surface area contributed by atoms with E-state index in [0.29, 0.717) is 0 Å². The number of rotatable bonds is 2. The molecule has 5 nitrogen and oxygen atoms in total. The molecule has 0 radical (unpaired) electrons. The second-order valence-corrected chi connectivity index (χ2v) is 1.84. The van der Waals surface area contributed by atoms with Gasteiger partial charge in [-0.1, -0.05) is 0 Å². The number of hydrogen-bond donors (Lipinski definition) is 1. The first-order valence-corrected chi connectivity index (χ1v) is 3.43. The normalized spacial score (nSPS) is 9.67. The highest BCUT2D eigenvalue weighted by Crippen LogP contribution is 2.14. The maximum absolute atomic E-state index is 11.3. The fourth-order valence-corrected chi connectivity index (χ4v) is 0.300. The van der Waals surface area contributed by atoms with Gasteiger partial charge < -0.3 is 14.6 Å². The molecule has 90 valence electrons. The minimum Gasteiger partial charge on any atom is -0.456 e. The Morgan fingerprint density at radius 3 is 1.93 bits per heavy atom. The first kappa shape index (κ1) is 15.9. The van der Waals surface area contributed by atoms with Crippen LogP contribution in [0.15, 0.2) is 0 Å². The topological polar surface area (TPSA) is 72.8 Å². The lowest BCUT2D eigenvalue weighted by molar-refractivity contribution is -0.165. The quantitative estimate of drug-likeness (QED) is 0.452. The number of carbonyl (C=O) groups excluding carboxylic acids is 1. The highest BCUT2D eigenvalue weighted by molar-refractivity contribution is 5.59. The van der Waals surface area contributed by atoms with Crippen LogP contribution < -0.4 is 0 Å². The van der Waals surface area contributed by atoms with Gasteiger partial charge in [0.05, 0.1) is 6.61 Å². The summed E-state index contributed by atoms with van der Waals surface area (Å²) in [6, 6.07) is 0. The van der Waals surface area contributed by atoms with E-state index in [9.17, 15) is 22.4 Å². The third kappa shape index (κ3) is 24.5. The van der Waals surface area contributed by atoms with Crippen molar-refractivity contribution in [1.82, 2.24) is 0 Å². The van der Waals surface area contributed by atoms with Crippen molar-refractivity contribution in [1.29, 1.82) is 0 Å². The SMILES string of the molecule is CCOC(=O)OCC(F)(F)F.O=C(O)F. The van der Waals surface area contributed by atoms with Crippen LogP contribution in [0.25, 0.3) is 0 Å². The Morgan fingerprint density at radius 2 is 1.67 bits per heavy atom. The van der Waals surface area contributed by atoms with E-state index in [2.05, 4.69) is 9.47 Å². The molecule has 0 rings (SSSR count). The largest absolute Gasteiger partial charge is 0.508 e. The van der Waals surface area contributed by atoms with E-state index in [1.165, 1.54) is 6.92 Å². The van der Waals surface area contributed by atoms with E-state index in [0.717, 1.165) is 0 Å². The second-order valence-electron chi connectivity index (χ2n) is 1.84. The van der Waals surface area contributed by atoms with Crippen LogP contribution in [-0.2, 0) is 9.47 Å². The van der Waals surface area contributed by atoms with Gasteiger partial charge in [-0.15, -0.1) is 4.39 Å². The Balaban J connectivity index is 0. The van der Waals surface area contributed by atoms with E-state index in [-0.39, 0.29) is 6.61 Å². The molecule has 0 aromatic carbocycles. The molecule has 0 aromatic rings. The molecule has 0 unspecified atom stereocenters. The summed E-state index contributed by atoms with van der Waals surface area (Å²) in [5, 5.41) is 6.75. The van der Waals surface area contributed by atoms with Gasteiger partial charge in [-0.3, -0.25) is 0 Å². The van der Waals surface area contributed by atoms with Crippen LogP contribution in [0.5, 0.6) is 0 Å².